The third kappa shape index (κ3) is 9.41. The first-order valence-corrected chi connectivity index (χ1v) is 13.8. The van der Waals surface area contributed by atoms with Crippen molar-refractivity contribution in [3.63, 3.8) is 0 Å². The zero-order chi connectivity index (χ0) is 29.5. The van der Waals surface area contributed by atoms with Crippen LogP contribution >= 0.6 is 0 Å². The fraction of sp³-hybridized carbons (Fsp3) is 0.531. The van der Waals surface area contributed by atoms with Gasteiger partial charge in [-0.25, -0.2) is 4.79 Å². The molecule has 0 radical (unpaired) electrons. The molecular weight excluding hydrogens is 490 g/mol. The first-order chi connectivity index (χ1) is 18.0. The molecule has 0 saturated heterocycles. The lowest BCUT2D eigenvalue weighted by Gasteiger charge is -2.43. The summed E-state index contributed by atoms with van der Waals surface area (Å²) in [5, 5.41) is 5.85. The lowest BCUT2D eigenvalue weighted by molar-refractivity contribution is -0.147. The highest BCUT2D eigenvalue weighted by Crippen LogP contribution is 2.32. The van der Waals surface area contributed by atoms with E-state index in [1.54, 1.807) is 25.7 Å². The fourth-order valence-corrected chi connectivity index (χ4v) is 4.42. The van der Waals surface area contributed by atoms with Crippen LogP contribution in [0.3, 0.4) is 0 Å². The smallest absolute Gasteiger partial charge is 0.408 e. The Morgan fingerprint density at radius 2 is 1.51 bits per heavy atom. The number of para-hydroxylation sites is 1. The van der Waals surface area contributed by atoms with Gasteiger partial charge in [-0.05, 0) is 90.0 Å². The number of anilines is 1. The fourth-order valence-electron chi connectivity index (χ4n) is 4.42. The highest BCUT2D eigenvalue weighted by atomic mass is 16.6. The largest absolute Gasteiger partial charge is 0.444 e. The number of amides is 3. The second-order valence-electron chi connectivity index (χ2n) is 12.5. The van der Waals surface area contributed by atoms with Crippen molar-refractivity contribution in [2.75, 3.05) is 5.32 Å². The van der Waals surface area contributed by atoms with Crippen molar-refractivity contribution in [3.8, 4) is 0 Å². The molecule has 2 aromatic carbocycles. The molecule has 0 fully saturated rings. The lowest BCUT2D eigenvalue weighted by atomic mass is 9.93. The van der Waals surface area contributed by atoms with Gasteiger partial charge < -0.3 is 20.3 Å². The van der Waals surface area contributed by atoms with Crippen molar-refractivity contribution in [3.05, 3.63) is 65.2 Å². The summed E-state index contributed by atoms with van der Waals surface area (Å²) >= 11 is 0. The Kier molecular flexibility index (Phi) is 10.7. The standard InChI is InChI=1S/C32H47N3O4/c1-11-23-16-18-24(19-17-23)27(28(36)33-25-15-13-12-14-22(25)4)35(31(5,6)7)29(37)26(20-21(2)3)34-30(38)39-32(8,9)10/h12-19,21,26-27H,11,20H2,1-10H3,(H,33,36)(H,34,38). The zero-order valence-corrected chi connectivity index (χ0v) is 25.3. The highest BCUT2D eigenvalue weighted by Gasteiger charge is 2.42. The van der Waals surface area contributed by atoms with Crippen LogP contribution < -0.4 is 10.6 Å². The number of hydrogen-bond donors (Lipinski definition) is 2. The minimum atomic E-state index is -0.932. The van der Waals surface area contributed by atoms with Gasteiger partial charge in [-0.2, -0.15) is 0 Å². The summed E-state index contributed by atoms with van der Waals surface area (Å²) in [4.78, 5) is 42.8. The molecule has 2 atom stereocenters. The van der Waals surface area contributed by atoms with Gasteiger partial charge in [0.15, 0.2) is 0 Å². The van der Waals surface area contributed by atoms with Gasteiger partial charge in [-0.1, -0.05) is 63.2 Å². The van der Waals surface area contributed by atoms with E-state index in [1.165, 1.54) is 0 Å². The summed E-state index contributed by atoms with van der Waals surface area (Å²) in [6.07, 6.45) is 0.591. The minimum Gasteiger partial charge on any atom is -0.444 e. The molecule has 2 N–H and O–H groups in total. The van der Waals surface area contributed by atoms with Crippen LogP contribution in [0, 0.1) is 12.8 Å². The number of rotatable bonds is 9. The van der Waals surface area contributed by atoms with Gasteiger partial charge in [0.05, 0.1) is 0 Å². The summed E-state index contributed by atoms with van der Waals surface area (Å²) in [7, 11) is 0. The molecule has 0 saturated carbocycles. The molecule has 0 spiro atoms. The molecule has 0 aromatic heterocycles. The Morgan fingerprint density at radius 3 is 2.00 bits per heavy atom. The van der Waals surface area contributed by atoms with E-state index in [1.807, 2.05) is 90.1 Å². The number of nitrogens with zero attached hydrogens (tertiary/aromatic N) is 1. The number of ether oxygens (including phenoxy) is 1. The molecule has 214 valence electrons. The first-order valence-electron chi connectivity index (χ1n) is 13.8. The van der Waals surface area contributed by atoms with E-state index in [0.717, 1.165) is 17.5 Å². The second kappa shape index (κ2) is 13.1. The number of alkyl carbamates (subject to hydrolysis) is 1. The van der Waals surface area contributed by atoms with Crippen molar-refractivity contribution < 1.29 is 19.1 Å². The molecule has 2 rings (SSSR count). The molecule has 2 aromatic rings. The Labute approximate surface area is 234 Å². The quantitative estimate of drug-likeness (QED) is 0.368. The Hall–Kier alpha value is -3.35. The summed E-state index contributed by atoms with van der Waals surface area (Å²) < 4.78 is 5.48. The van der Waals surface area contributed by atoms with Crippen molar-refractivity contribution in [1.82, 2.24) is 10.2 Å². The molecule has 0 heterocycles. The van der Waals surface area contributed by atoms with Gasteiger partial charge in [-0.3, -0.25) is 9.59 Å². The van der Waals surface area contributed by atoms with Crippen molar-refractivity contribution >= 4 is 23.6 Å². The van der Waals surface area contributed by atoms with E-state index in [2.05, 4.69) is 17.6 Å². The molecular formula is C32H47N3O4. The van der Waals surface area contributed by atoms with E-state index >= 15 is 0 Å². The van der Waals surface area contributed by atoms with Crippen LogP contribution in [-0.2, 0) is 20.7 Å². The van der Waals surface area contributed by atoms with Crippen molar-refractivity contribution in [2.24, 2.45) is 5.92 Å². The molecule has 7 heteroatoms. The lowest BCUT2D eigenvalue weighted by Crippen LogP contribution is -2.58. The summed E-state index contributed by atoms with van der Waals surface area (Å²) in [5.74, 6) is -0.553. The number of hydrogen-bond acceptors (Lipinski definition) is 4. The molecule has 2 unspecified atom stereocenters. The predicted octanol–water partition coefficient (Wildman–Crippen LogP) is 6.80. The summed E-state index contributed by atoms with van der Waals surface area (Å²) in [5.41, 5.74) is 1.97. The van der Waals surface area contributed by atoms with E-state index in [0.29, 0.717) is 17.7 Å². The Bertz CT molecular complexity index is 1130. The van der Waals surface area contributed by atoms with E-state index < -0.39 is 29.3 Å². The Morgan fingerprint density at radius 1 is 0.923 bits per heavy atom. The van der Waals surface area contributed by atoms with Crippen LogP contribution in [0.25, 0.3) is 0 Å². The maximum Gasteiger partial charge on any atom is 0.408 e. The van der Waals surface area contributed by atoms with Gasteiger partial charge in [0.25, 0.3) is 5.91 Å². The Balaban J connectivity index is 2.60. The SMILES string of the molecule is CCc1ccc(C(C(=O)Nc2ccccc2C)N(C(=O)C(CC(C)C)NC(=O)OC(C)(C)C)C(C)(C)C)cc1. The predicted molar refractivity (Wildman–Crippen MR) is 158 cm³/mol. The van der Waals surface area contributed by atoms with Gasteiger partial charge >= 0.3 is 6.09 Å². The topological polar surface area (TPSA) is 87.7 Å². The molecule has 7 nitrogen and oxygen atoms in total. The molecule has 0 aliphatic rings. The van der Waals surface area contributed by atoms with Crippen molar-refractivity contribution in [1.29, 1.82) is 0 Å². The average molecular weight is 538 g/mol. The van der Waals surface area contributed by atoms with Gasteiger partial charge in [0.1, 0.15) is 17.7 Å². The van der Waals surface area contributed by atoms with Crippen LogP contribution in [0.1, 0.15) is 91.5 Å². The normalized spacial score (nSPS) is 13.4. The zero-order valence-electron chi connectivity index (χ0n) is 25.3. The number of carbonyl (C=O) groups is 3. The van der Waals surface area contributed by atoms with Crippen LogP contribution in [-0.4, -0.2) is 40.0 Å². The average Bonchev–Trinajstić information content (AvgIpc) is 2.81. The van der Waals surface area contributed by atoms with Crippen LogP contribution in [0.15, 0.2) is 48.5 Å². The van der Waals surface area contributed by atoms with E-state index in [-0.39, 0.29) is 17.7 Å². The highest BCUT2D eigenvalue weighted by molar-refractivity contribution is 5.99. The minimum absolute atomic E-state index is 0.110. The third-order valence-electron chi connectivity index (χ3n) is 6.27. The van der Waals surface area contributed by atoms with Crippen LogP contribution in [0.2, 0.25) is 0 Å². The maximum absolute atomic E-state index is 14.4. The van der Waals surface area contributed by atoms with Gasteiger partial charge in [0.2, 0.25) is 5.91 Å². The number of nitrogens with one attached hydrogen (secondary N) is 2. The molecule has 39 heavy (non-hydrogen) atoms. The molecule has 0 aliphatic heterocycles. The number of carbonyl (C=O) groups excluding carboxylic acids is 3. The van der Waals surface area contributed by atoms with Crippen molar-refractivity contribution in [2.45, 2.75) is 105 Å². The molecule has 0 aliphatic carbocycles. The molecule has 3 amide bonds. The maximum atomic E-state index is 14.4. The summed E-state index contributed by atoms with van der Waals surface area (Å²) in [6, 6.07) is 13.5. The monoisotopic (exact) mass is 537 g/mol. The van der Waals surface area contributed by atoms with E-state index in [4.69, 9.17) is 4.74 Å². The number of benzene rings is 2. The van der Waals surface area contributed by atoms with Crippen LogP contribution in [0.4, 0.5) is 10.5 Å². The van der Waals surface area contributed by atoms with Gasteiger partial charge in [0, 0.05) is 11.2 Å². The summed E-state index contributed by atoms with van der Waals surface area (Å²) in [6.45, 7) is 19.0. The third-order valence-corrected chi connectivity index (χ3v) is 6.27. The second-order valence-corrected chi connectivity index (χ2v) is 12.5. The van der Waals surface area contributed by atoms with Crippen LogP contribution in [0.5, 0.6) is 0 Å². The first kappa shape index (κ1) is 31.9. The number of aryl methyl sites for hydroxylation is 2. The van der Waals surface area contributed by atoms with Gasteiger partial charge in [-0.15, -0.1) is 0 Å². The molecule has 0 bridgehead atoms. The van der Waals surface area contributed by atoms with E-state index in [9.17, 15) is 14.4 Å².